The van der Waals surface area contributed by atoms with Crippen LogP contribution in [0.5, 0.6) is 5.75 Å². The predicted molar refractivity (Wildman–Crippen MR) is 78.2 cm³/mol. The van der Waals surface area contributed by atoms with Crippen molar-refractivity contribution in [3.05, 3.63) is 28.2 Å². The molecular weight excluding hydrogens is 308 g/mol. The number of nitrogens with two attached hydrogens (primary N) is 1. The zero-order valence-corrected chi connectivity index (χ0v) is 12.4. The molecule has 0 bridgehead atoms. The molecule has 0 atom stereocenters. The largest absolute Gasteiger partial charge is 0.493 e. The molecule has 0 aliphatic heterocycles. The van der Waals surface area contributed by atoms with E-state index in [1.54, 1.807) is 0 Å². The predicted octanol–water partition coefficient (Wildman–Crippen LogP) is 2.00. The summed E-state index contributed by atoms with van der Waals surface area (Å²) < 4.78 is 6.64. The van der Waals surface area contributed by atoms with E-state index >= 15 is 0 Å². The number of benzene rings is 1. The topological polar surface area (TPSA) is 64.3 Å². The van der Waals surface area contributed by atoms with Crippen molar-refractivity contribution in [2.24, 2.45) is 5.73 Å². The number of amides is 1. The standard InChI is InChI=1S/C14H19BrN2O2/c15-13-4-3-12(9-10(13)5-7-16)19-8-6-14(18)17-11-1-2-11/h3-4,9,11H,1-2,5-8,16H2,(H,17,18). The van der Waals surface area contributed by atoms with Gasteiger partial charge in [-0.25, -0.2) is 0 Å². The molecule has 1 aliphatic rings. The van der Waals surface area contributed by atoms with Crippen LogP contribution in [-0.2, 0) is 11.2 Å². The highest BCUT2D eigenvalue weighted by Gasteiger charge is 2.22. The summed E-state index contributed by atoms with van der Waals surface area (Å²) >= 11 is 3.48. The summed E-state index contributed by atoms with van der Waals surface area (Å²) in [5.74, 6) is 0.854. The van der Waals surface area contributed by atoms with E-state index in [4.69, 9.17) is 10.5 Å². The number of hydrogen-bond donors (Lipinski definition) is 2. The molecule has 0 unspecified atom stereocenters. The van der Waals surface area contributed by atoms with Gasteiger partial charge < -0.3 is 15.8 Å². The second-order valence-electron chi connectivity index (χ2n) is 4.73. The van der Waals surface area contributed by atoms with Gasteiger partial charge in [0.15, 0.2) is 0 Å². The van der Waals surface area contributed by atoms with Crippen molar-refractivity contribution in [1.82, 2.24) is 5.32 Å². The molecule has 1 amide bonds. The molecule has 0 spiro atoms. The van der Waals surface area contributed by atoms with Crippen molar-refractivity contribution in [2.75, 3.05) is 13.2 Å². The van der Waals surface area contributed by atoms with Gasteiger partial charge in [-0.3, -0.25) is 4.79 Å². The van der Waals surface area contributed by atoms with E-state index in [1.165, 1.54) is 0 Å². The van der Waals surface area contributed by atoms with Gasteiger partial charge in [-0.1, -0.05) is 15.9 Å². The first-order chi connectivity index (χ1) is 9.19. The Morgan fingerprint density at radius 3 is 2.95 bits per heavy atom. The molecule has 104 valence electrons. The average Bonchev–Trinajstić information content (AvgIpc) is 3.17. The summed E-state index contributed by atoms with van der Waals surface area (Å²) in [6.45, 7) is 1.01. The lowest BCUT2D eigenvalue weighted by atomic mass is 10.1. The Morgan fingerprint density at radius 2 is 2.26 bits per heavy atom. The van der Waals surface area contributed by atoms with Crippen molar-refractivity contribution >= 4 is 21.8 Å². The van der Waals surface area contributed by atoms with Crippen LogP contribution in [0.15, 0.2) is 22.7 Å². The van der Waals surface area contributed by atoms with Crippen LogP contribution < -0.4 is 15.8 Å². The molecule has 4 nitrogen and oxygen atoms in total. The van der Waals surface area contributed by atoms with Crippen LogP contribution >= 0.6 is 15.9 Å². The molecule has 1 aliphatic carbocycles. The second kappa shape index (κ2) is 6.91. The molecule has 1 fully saturated rings. The highest BCUT2D eigenvalue weighted by atomic mass is 79.9. The summed E-state index contributed by atoms with van der Waals surface area (Å²) in [6.07, 6.45) is 3.43. The van der Waals surface area contributed by atoms with Crippen LogP contribution in [0.2, 0.25) is 0 Å². The second-order valence-corrected chi connectivity index (χ2v) is 5.59. The third kappa shape index (κ3) is 4.84. The van der Waals surface area contributed by atoms with E-state index in [9.17, 15) is 4.79 Å². The molecule has 0 heterocycles. The van der Waals surface area contributed by atoms with E-state index in [0.717, 1.165) is 35.0 Å². The van der Waals surface area contributed by atoms with Gasteiger partial charge in [-0.15, -0.1) is 0 Å². The molecule has 1 saturated carbocycles. The van der Waals surface area contributed by atoms with Crippen molar-refractivity contribution in [2.45, 2.75) is 31.7 Å². The molecule has 3 N–H and O–H groups in total. The van der Waals surface area contributed by atoms with Gasteiger partial charge in [-0.2, -0.15) is 0 Å². The minimum absolute atomic E-state index is 0.0711. The smallest absolute Gasteiger partial charge is 0.223 e. The Morgan fingerprint density at radius 1 is 1.47 bits per heavy atom. The zero-order valence-electron chi connectivity index (χ0n) is 10.8. The lowest BCUT2D eigenvalue weighted by Gasteiger charge is -2.09. The first-order valence-electron chi connectivity index (χ1n) is 6.59. The Labute approximate surface area is 121 Å². The van der Waals surface area contributed by atoms with Gasteiger partial charge in [0.2, 0.25) is 5.91 Å². The summed E-state index contributed by atoms with van der Waals surface area (Å²) in [5.41, 5.74) is 6.68. The number of ether oxygens (including phenoxy) is 1. The molecule has 1 aromatic rings. The van der Waals surface area contributed by atoms with Crippen LogP contribution in [0.4, 0.5) is 0 Å². The number of rotatable bonds is 7. The average molecular weight is 327 g/mol. The summed E-state index contributed by atoms with van der Waals surface area (Å²) in [6, 6.07) is 6.22. The van der Waals surface area contributed by atoms with Crippen LogP contribution in [0, 0.1) is 0 Å². The fourth-order valence-corrected chi connectivity index (χ4v) is 2.22. The van der Waals surface area contributed by atoms with E-state index in [1.807, 2.05) is 18.2 Å². The van der Waals surface area contributed by atoms with Crippen molar-refractivity contribution < 1.29 is 9.53 Å². The maximum Gasteiger partial charge on any atom is 0.223 e. The Balaban J connectivity index is 1.78. The van der Waals surface area contributed by atoms with Crippen molar-refractivity contribution in [3.63, 3.8) is 0 Å². The number of carbonyl (C=O) groups excluding carboxylic acids is 1. The van der Waals surface area contributed by atoms with Gasteiger partial charge in [-0.05, 0) is 49.6 Å². The number of hydrogen-bond acceptors (Lipinski definition) is 3. The molecule has 5 heteroatoms. The molecule has 2 rings (SSSR count). The minimum Gasteiger partial charge on any atom is -0.493 e. The summed E-state index contributed by atoms with van der Waals surface area (Å²) in [5, 5.41) is 2.94. The minimum atomic E-state index is 0.0711. The molecule has 1 aromatic carbocycles. The van der Waals surface area contributed by atoms with Gasteiger partial charge in [0.05, 0.1) is 13.0 Å². The maximum atomic E-state index is 11.5. The van der Waals surface area contributed by atoms with Crippen molar-refractivity contribution in [3.8, 4) is 5.75 Å². The third-order valence-electron chi connectivity index (χ3n) is 2.97. The van der Waals surface area contributed by atoms with Crippen LogP contribution in [0.25, 0.3) is 0 Å². The number of carbonyl (C=O) groups is 1. The van der Waals surface area contributed by atoms with E-state index in [-0.39, 0.29) is 5.91 Å². The first-order valence-corrected chi connectivity index (χ1v) is 7.39. The highest BCUT2D eigenvalue weighted by Crippen LogP contribution is 2.23. The SMILES string of the molecule is NCCc1cc(OCCC(=O)NC2CC2)ccc1Br. The Bertz CT molecular complexity index is 447. The Kier molecular flexibility index (Phi) is 5.22. The number of halogens is 1. The molecule has 0 radical (unpaired) electrons. The van der Waals surface area contributed by atoms with Crippen LogP contribution in [0.1, 0.15) is 24.8 Å². The van der Waals surface area contributed by atoms with Crippen LogP contribution in [-0.4, -0.2) is 25.1 Å². The van der Waals surface area contributed by atoms with E-state index in [2.05, 4.69) is 21.2 Å². The van der Waals surface area contributed by atoms with Gasteiger partial charge in [0.1, 0.15) is 5.75 Å². The van der Waals surface area contributed by atoms with Gasteiger partial charge >= 0.3 is 0 Å². The normalized spacial score (nSPS) is 14.2. The quantitative estimate of drug-likeness (QED) is 0.805. The highest BCUT2D eigenvalue weighted by molar-refractivity contribution is 9.10. The maximum absolute atomic E-state index is 11.5. The molecule has 0 saturated heterocycles. The molecular formula is C14H19BrN2O2. The van der Waals surface area contributed by atoms with Crippen LogP contribution in [0.3, 0.4) is 0 Å². The zero-order chi connectivity index (χ0) is 13.7. The fourth-order valence-electron chi connectivity index (χ4n) is 1.78. The lowest BCUT2D eigenvalue weighted by Crippen LogP contribution is -2.26. The number of nitrogens with one attached hydrogen (secondary N) is 1. The van der Waals surface area contributed by atoms with Gasteiger partial charge in [0, 0.05) is 10.5 Å². The monoisotopic (exact) mass is 326 g/mol. The summed E-state index contributed by atoms with van der Waals surface area (Å²) in [4.78, 5) is 11.5. The third-order valence-corrected chi connectivity index (χ3v) is 3.74. The summed E-state index contributed by atoms with van der Waals surface area (Å²) in [7, 11) is 0. The Hall–Kier alpha value is -1.07. The van der Waals surface area contributed by atoms with E-state index < -0.39 is 0 Å². The molecule has 0 aromatic heterocycles. The van der Waals surface area contributed by atoms with Crippen molar-refractivity contribution in [1.29, 1.82) is 0 Å². The molecule has 19 heavy (non-hydrogen) atoms. The van der Waals surface area contributed by atoms with Gasteiger partial charge in [0.25, 0.3) is 0 Å². The lowest BCUT2D eigenvalue weighted by molar-refractivity contribution is -0.121. The fraction of sp³-hybridized carbons (Fsp3) is 0.500. The van der Waals surface area contributed by atoms with E-state index in [0.29, 0.717) is 25.6 Å². The first kappa shape index (κ1) is 14.3.